The van der Waals surface area contributed by atoms with Gasteiger partial charge in [-0.05, 0) is 112 Å². The van der Waals surface area contributed by atoms with Gasteiger partial charge in [0, 0.05) is 18.6 Å². The van der Waals surface area contributed by atoms with Crippen LogP contribution in [0.4, 0.5) is 0 Å². The lowest BCUT2D eigenvalue weighted by molar-refractivity contribution is -0.249. The van der Waals surface area contributed by atoms with Crippen molar-refractivity contribution in [1.29, 1.82) is 0 Å². The average molecular weight is 499 g/mol. The summed E-state index contributed by atoms with van der Waals surface area (Å²) in [7, 11) is 0. The Kier molecular flexibility index (Phi) is 7.61. The molecule has 36 heavy (non-hydrogen) atoms. The zero-order valence-electron chi connectivity index (χ0n) is 22.7. The third-order valence-corrected chi connectivity index (χ3v) is 11.6. The van der Waals surface area contributed by atoms with Gasteiger partial charge >= 0.3 is 0 Å². The maximum atomic E-state index is 12.8. The molecule has 5 heteroatoms. The Morgan fingerprint density at radius 3 is 2.36 bits per heavy atom. The van der Waals surface area contributed by atoms with E-state index in [0.717, 1.165) is 51.6 Å². The first-order valence-corrected chi connectivity index (χ1v) is 14.8. The molecule has 5 rings (SSSR count). The summed E-state index contributed by atoms with van der Waals surface area (Å²) in [6.45, 7) is 7.68. The van der Waals surface area contributed by atoms with Crippen LogP contribution in [0.1, 0.15) is 90.0 Å². The van der Waals surface area contributed by atoms with Crippen molar-refractivity contribution in [2.75, 3.05) is 26.3 Å². The summed E-state index contributed by atoms with van der Waals surface area (Å²) >= 11 is 0. The largest absolute Gasteiger partial charge is 0.389 e. The van der Waals surface area contributed by atoms with Gasteiger partial charge in [-0.3, -0.25) is 0 Å². The smallest absolute Gasteiger partial charge is 0.101 e. The highest BCUT2D eigenvalue weighted by molar-refractivity contribution is 5.33. The third-order valence-electron chi connectivity index (χ3n) is 11.6. The van der Waals surface area contributed by atoms with E-state index in [9.17, 15) is 5.11 Å². The Labute approximate surface area is 218 Å². The first-order valence-electron chi connectivity index (χ1n) is 14.8. The van der Waals surface area contributed by atoms with Gasteiger partial charge < -0.3 is 26.0 Å². The van der Waals surface area contributed by atoms with Gasteiger partial charge in [-0.2, -0.15) is 0 Å². The predicted octanol–water partition coefficient (Wildman–Crippen LogP) is 5.14. The Morgan fingerprint density at radius 2 is 1.61 bits per heavy atom. The fourth-order valence-electron chi connectivity index (χ4n) is 9.48. The maximum absolute atomic E-state index is 12.8. The fourth-order valence-corrected chi connectivity index (χ4v) is 9.48. The average Bonchev–Trinajstić information content (AvgIpc) is 3.13. The van der Waals surface area contributed by atoms with Crippen LogP contribution in [0.5, 0.6) is 0 Å². The summed E-state index contributed by atoms with van der Waals surface area (Å²) < 4.78 is 13.1. The van der Waals surface area contributed by atoms with Gasteiger partial charge in [-0.25, -0.2) is 0 Å². The van der Waals surface area contributed by atoms with E-state index in [2.05, 4.69) is 44.2 Å². The summed E-state index contributed by atoms with van der Waals surface area (Å²) in [6.07, 6.45) is 12.0. The molecule has 0 radical (unpaired) electrons. The minimum Gasteiger partial charge on any atom is -0.389 e. The quantitative estimate of drug-likeness (QED) is 0.410. The molecule has 4 fully saturated rings. The molecule has 202 valence electrons. The molecule has 5 N–H and O–H groups in total. The first-order chi connectivity index (χ1) is 17.3. The molecule has 0 saturated heterocycles. The van der Waals surface area contributed by atoms with Crippen LogP contribution in [0.15, 0.2) is 30.3 Å². The van der Waals surface area contributed by atoms with Crippen molar-refractivity contribution in [2.24, 2.45) is 40.1 Å². The van der Waals surface area contributed by atoms with Gasteiger partial charge in [0.05, 0.1) is 11.7 Å². The van der Waals surface area contributed by atoms with Gasteiger partial charge in [0.15, 0.2) is 0 Å². The number of hydrogen-bond donors (Lipinski definition) is 3. The molecule has 5 nitrogen and oxygen atoms in total. The molecule has 4 saturated carbocycles. The minimum absolute atomic E-state index is 0.298. The lowest BCUT2D eigenvalue weighted by Gasteiger charge is -2.65. The molecule has 0 aromatic heterocycles. The van der Waals surface area contributed by atoms with Crippen molar-refractivity contribution in [3.8, 4) is 0 Å². The summed E-state index contributed by atoms with van der Waals surface area (Å²) in [5, 5.41) is 12.8. The number of aliphatic hydroxyl groups is 1. The molecule has 4 aliphatic rings. The van der Waals surface area contributed by atoms with Gasteiger partial charge in [-0.1, -0.05) is 44.2 Å². The molecular formula is C31H50N2O3. The van der Waals surface area contributed by atoms with E-state index < -0.39 is 11.2 Å². The molecule has 0 spiro atoms. The van der Waals surface area contributed by atoms with Crippen LogP contribution in [-0.4, -0.2) is 43.1 Å². The second-order valence-electron chi connectivity index (χ2n) is 12.9. The van der Waals surface area contributed by atoms with E-state index in [1.54, 1.807) is 0 Å². The minimum atomic E-state index is -0.697. The number of benzene rings is 1. The van der Waals surface area contributed by atoms with Crippen molar-refractivity contribution < 1.29 is 14.6 Å². The van der Waals surface area contributed by atoms with Gasteiger partial charge in [0.25, 0.3) is 0 Å². The molecular weight excluding hydrogens is 448 g/mol. The normalized spacial score (nSPS) is 44.0. The molecule has 4 aliphatic carbocycles. The van der Waals surface area contributed by atoms with Gasteiger partial charge in [-0.15, -0.1) is 0 Å². The topological polar surface area (TPSA) is 90.7 Å². The van der Waals surface area contributed by atoms with Crippen LogP contribution < -0.4 is 11.5 Å². The van der Waals surface area contributed by atoms with Crippen LogP contribution in [0.3, 0.4) is 0 Å². The van der Waals surface area contributed by atoms with Crippen molar-refractivity contribution >= 4 is 0 Å². The predicted molar refractivity (Wildman–Crippen MR) is 144 cm³/mol. The van der Waals surface area contributed by atoms with Crippen molar-refractivity contribution in [1.82, 2.24) is 0 Å². The molecule has 0 aliphatic heterocycles. The maximum Gasteiger partial charge on any atom is 0.101 e. The highest BCUT2D eigenvalue weighted by atomic mass is 16.5. The number of nitrogens with two attached hydrogens (primary N) is 2. The lowest BCUT2D eigenvalue weighted by atomic mass is 9.42. The van der Waals surface area contributed by atoms with E-state index in [1.165, 1.54) is 31.2 Å². The third kappa shape index (κ3) is 4.00. The number of hydrogen-bond acceptors (Lipinski definition) is 5. The molecule has 0 heterocycles. The fraction of sp³-hybridized carbons (Fsp3) is 0.806. The zero-order valence-corrected chi connectivity index (χ0v) is 22.7. The van der Waals surface area contributed by atoms with Gasteiger partial charge in [0.1, 0.15) is 5.60 Å². The van der Waals surface area contributed by atoms with Crippen LogP contribution in [0, 0.1) is 28.6 Å². The first kappa shape index (κ1) is 26.6. The summed E-state index contributed by atoms with van der Waals surface area (Å²) in [4.78, 5) is 0. The van der Waals surface area contributed by atoms with Gasteiger partial charge in [0.2, 0.25) is 0 Å². The van der Waals surface area contributed by atoms with E-state index in [-0.39, 0.29) is 5.41 Å². The molecule has 3 unspecified atom stereocenters. The molecule has 1 aromatic carbocycles. The van der Waals surface area contributed by atoms with Crippen molar-refractivity contribution in [3.05, 3.63) is 35.9 Å². The number of rotatable bonds is 9. The van der Waals surface area contributed by atoms with Crippen molar-refractivity contribution in [2.45, 2.75) is 102 Å². The van der Waals surface area contributed by atoms with E-state index in [0.29, 0.717) is 49.0 Å². The van der Waals surface area contributed by atoms with Crippen LogP contribution in [0.25, 0.3) is 0 Å². The summed E-state index contributed by atoms with van der Waals surface area (Å²) in [6, 6.07) is 10.8. The Morgan fingerprint density at radius 1 is 0.861 bits per heavy atom. The SMILES string of the molecule is C[C@]12CCC(OCCCN)CC1CC[C@@H]1[C@H]2CC[C@]2(C)C(OCCCN)(c3ccccc3)CC[C@@]12O. The highest BCUT2D eigenvalue weighted by Crippen LogP contribution is 2.72. The molecule has 1 aromatic rings. The van der Waals surface area contributed by atoms with Crippen LogP contribution >= 0.6 is 0 Å². The summed E-state index contributed by atoms with van der Waals surface area (Å²) in [5.74, 6) is 1.62. The number of ether oxygens (including phenoxy) is 2. The second-order valence-corrected chi connectivity index (χ2v) is 12.9. The Bertz CT molecular complexity index is 882. The van der Waals surface area contributed by atoms with Crippen LogP contribution in [0.2, 0.25) is 0 Å². The monoisotopic (exact) mass is 498 g/mol. The zero-order chi connectivity index (χ0) is 25.4. The molecule has 0 bridgehead atoms. The van der Waals surface area contributed by atoms with E-state index in [4.69, 9.17) is 20.9 Å². The molecule has 0 amide bonds. The molecule has 8 atom stereocenters. The number of fused-ring (bicyclic) bond motifs is 5. The van der Waals surface area contributed by atoms with Crippen molar-refractivity contribution in [3.63, 3.8) is 0 Å². The highest BCUT2D eigenvalue weighted by Gasteiger charge is 2.72. The Balaban J connectivity index is 1.41. The van der Waals surface area contributed by atoms with E-state index >= 15 is 0 Å². The standard InChI is InChI=1S/C31H50N2O3/c1-28-14-12-25(35-20-6-18-32)22-24(28)10-11-27-26(28)13-15-29(2)30(27,34)16-17-31(29,36-21-7-19-33)23-8-4-3-5-9-23/h3-5,8-9,24-27,34H,6-7,10-22,32-33H2,1-2H3/t24?,25?,26-,27-,28+,29+,30-,31?/m1/s1. The van der Waals surface area contributed by atoms with E-state index in [1.807, 2.05) is 0 Å². The lowest BCUT2D eigenvalue weighted by Crippen LogP contribution is -2.65. The van der Waals surface area contributed by atoms with Crippen LogP contribution in [-0.2, 0) is 15.1 Å². The summed E-state index contributed by atoms with van der Waals surface area (Å²) in [5.41, 5.74) is 11.6. The second kappa shape index (κ2) is 10.3. The Hall–Kier alpha value is -0.980.